The lowest BCUT2D eigenvalue weighted by molar-refractivity contribution is -0.486. The van der Waals surface area contributed by atoms with Crippen molar-refractivity contribution in [1.29, 1.82) is 0 Å². The Balaban J connectivity index is 1.36. The molecule has 1 aromatic rings. The highest BCUT2D eigenvalue weighted by Gasteiger charge is 3.05. The van der Waals surface area contributed by atoms with Gasteiger partial charge in [-0.25, -0.2) is 4.79 Å². The maximum absolute atomic E-state index is 14.1. The van der Waals surface area contributed by atoms with Crippen molar-refractivity contribution in [2.24, 2.45) is 28.1 Å². The fraction of sp³-hybridized carbons (Fsp3) is 0.769. The Morgan fingerprint density at radius 3 is 2.33 bits per heavy atom. The Morgan fingerprint density at radius 2 is 1.71 bits per heavy atom. The van der Waals surface area contributed by atoms with Crippen molar-refractivity contribution in [2.75, 3.05) is 13.7 Å². The average molecular weight is 773 g/mol. The first-order valence-electron chi connectivity index (χ1n) is 19.1. The molecule has 3 spiro atoms. The Morgan fingerprint density at radius 1 is 1.00 bits per heavy atom. The molecule has 55 heavy (non-hydrogen) atoms. The van der Waals surface area contributed by atoms with Crippen molar-refractivity contribution >= 4 is 29.8 Å². The Bertz CT molecular complexity index is 1900. The van der Waals surface area contributed by atoms with E-state index >= 15 is 0 Å². The Kier molecular flexibility index (Phi) is 7.32. The largest absolute Gasteiger partial charge is 0.472 e. The first kappa shape index (κ1) is 37.0. The summed E-state index contributed by atoms with van der Waals surface area (Å²) >= 11 is 0. The minimum atomic E-state index is -2.40. The van der Waals surface area contributed by atoms with Crippen LogP contribution in [0.4, 0.5) is 0 Å². The smallest absolute Gasteiger partial charge is 0.341 e. The van der Waals surface area contributed by atoms with E-state index in [2.05, 4.69) is 0 Å². The van der Waals surface area contributed by atoms with Gasteiger partial charge in [-0.15, -0.1) is 0 Å². The first-order chi connectivity index (χ1) is 25.7. The van der Waals surface area contributed by atoms with Gasteiger partial charge >= 0.3 is 29.8 Å². The van der Waals surface area contributed by atoms with Crippen LogP contribution in [0.1, 0.15) is 98.7 Å². The van der Waals surface area contributed by atoms with Gasteiger partial charge in [-0.1, -0.05) is 20.8 Å². The van der Waals surface area contributed by atoms with Crippen LogP contribution >= 0.6 is 0 Å². The van der Waals surface area contributed by atoms with Gasteiger partial charge in [-0.3, -0.25) is 19.2 Å². The van der Waals surface area contributed by atoms with Crippen LogP contribution in [0.5, 0.6) is 0 Å². The molecule has 1 aromatic heterocycles. The normalized spacial score (nSPS) is 51.0. The van der Waals surface area contributed by atoms with E-state index in [1.807, 2.05) is 13.8 Å². The zero-order valence-corrected chi connectivity index (χ0v) is 32.2. The highest BCUT2D eigenvalue weighted by Crippen LogP contribution is 2.90. The van der Waals surface area contributed by atoms with Gasteiger partial charge in [0.1, 0.15) is 35.6 Å². The molecule has 1 N–H and O–H groups in total. The molecule has 9 rings (SSSR count). The van der Waals surface area contributed by atoms with E-state index in [4.69, 9.17) is 47.0 Å². The summed E-state index contributed by atoms with van der Waals surface area (Å²) in [7, 11) is 1.24. The summed E-state index contributed by atoms with van der Waals surface area (Å²) in [6.45, 7) is 11.2. The molecule has 15 unspecified atom stereocenters. The second-order valence-electron chi connectivity index (χ2n) is 17.8. The topological polar surface area (TPSA) is 205 Å². The van der Waals surface area contributed by atoms with Crippen molar-refractivity contribution in [2.45, 2.75) is 145 Å². The van der Waals surface area contributed by atoms with Crippen LogP contribution in [-0.4, -0.2) is 101 Å². The van der Waals surface area contributed by atoms with E-state index in [0.717, 1.165) is 0 Å². The SMILES string of the molecule is CCC(=O)OC1C2(O)C(OC(=O)C3(C)OC3C)C3(C)CC24OC2(C)OC15C(CC(=O)OC)C(C)(C(OC(C)=O)c1ccoc1)CCC5(O2)C41COC(=O)CC31. The molecule has 16 heteroatoms. The van der Waals surface area contributed by atoms with E-state index < -0.39 is 123 Å². The van der Waals surface area contributed by atoms with E-state index in [1.165, 1.54) is 26.6 Å². The van der Waals surface area contributed by atoms with Crippen LogP contribution in [0.3, 0.4) is 0 Å². The van der Waals surface area contributed by atoms with Crippen LogP contribution in [-0.2, 0) is 66.6 Å². The van der Waals surface area contributed by atoms with Crippen LogP contribution in [0.2, 0.25) is 0 Å². The summed E-state index contributed by atoms with van der Waals surface area (Å²) in [4.78, 5) is 68.2. The monoisotopic (exact) mass is 772 g/mol. The second-order valence-corrected chi connectivity index (χ2v) is 17.8. The molecule has 4 aliphatic carbocycles. The van der Waals surface area contributed by atoms with Gasteiger partial charge in [0.25, 0.3) is 5.97 Å². The van der Waals surface area contributed by atoms with Crippen LogP contribution in [0.15, 0.2) is 23.0 Å². The quantitative estimate of drug-likeness (QED) is 0.218. The summed E-state index contributed by atoms with van der Waals surface area (Å²) in [5.74, 6) is -7.04. The molecule has 4 aliphatic heterocycles. The third-order valence-corrected chi connectivity index (χ3v) is 15.4. The van der Waals surface area contributed by atoms with Crippen LogP contribution in [0, 0.1) is 28.1 Å². The maximum Gasteiger partial charge on any atom is 0.341 e. The maximum atomic E-state index is 14.1. The molecule has 4 saturated carbocycles. The molecule has 0 radical (unpaired) electrons. The van der Waals surface area contributed by atoms with E-state index in [9.17, 15) is 29.1 Å². The van der Waals surface area contributed by atoms with Crippen molar-refractivity contribution in [3.8, 4) is 0 Å². The minimum absolute atomic E-state index is 0.0488. The minimum Gasteiger partial charge on any atom is -0.472 e. The number of esters is 5. The second kappa shape index (κ2) is 10.9. The van der Waals surface area contributed by atoms with E-state index in [1.54, 1.807) is 33.8 Å². The number of epoxide rings is 1. The molecule has 4 saturated heterocycles. The number of aliphatic hydroxyl groups is 1. The molecule has 300 valence electrons. The molecule has 4 bridgehead atoms. The van der Waals surface area contributed by atoms with Gasteiger partial charge in [0.2, 0.25) is 0 Å². The van der Waals surface area contributed by atoms with Gasteiger partial charge in [0, 0.05) is 49.0 Å². The lowest BCUT2D eigenvalue weighted by Crippen LogP contribution is -2.95. The summed E-state index contributed by atoms with van der Waals surface area (Å²) in [6.07, 6.45) is -2.12. The highest BCUT2D eigenvalue weighted by molar-refractivity contribution is 5.83. The number of furan rings is 1. The number of hydrogen-bond acceptors (Lipinski definition) is 16. The molecule has 0 amide bonds. The van der Waals surface area contributed by atoms with Crippen LogP contribution < -0.4 is 0 Å². The van der Waals surface area contributed by atoms with E-state index in [-0.39, 0.29) is 38.7 Å². The van der Waals surface area contributed by atoms with Crippen molar-refractivity contribution in [3.05, 3.63) is 24.2 Å². The summed E-state index contributed by atoms with van der Waals surface area (Å²) < 4.78 is 63.0. The lowest BCUT2D eigenvalue weighted by atomic mass is 9.33. The van der Waals surface area contributed by atoms with Gasteiger partial charge < -0.3 is 52.2 Å². The van der Waals surface area contributed by atoms with Crippen molar-refractivity contribution < 1.29 is 76.1 Å². The number of carbonyl (C=O) groups excluding carboxylic acids is 5. The third-order valence-electron chi connectivity index (χ3n) is 15.4. The molecule has 0 aromatic carbocycles. The number of ether oxygens (including phenoxy) is 9. The molecule has 16 nitrogen and oxygen atoms in total. The highest BCUT2D eigenvalue weighted by atomic mass is 16.9. The first-order valence-corrected chi connectivity index (χ1v) is 19.1. The number of cyclic esters (lactones) is 1. The van der Waals surface area contributed by atoms with Gasteiger partial charge in [-0.05, 0) is 45.1 Å². The summed E-state index contributed by atoms with van der Waals surface area (Å²) in [6, 6.07) is 1.65. The summed E-state index contributed by atoms with van der Waals surface area (Å²) in [5.41, 5.74) is -12.4. The number of methoxy groups -OCH3 is 1. The zero-order chi connectivity index (χ0) is 39.6. The fourth-order valence-corrected chi connectivity index (χ4v) is 13.3. The fourth-order valence-electron chi connectivity index (χ4n) is 13.3. The predicted molar refractivity (Wildman–Crippen MR) is 179 cm³/mol. The summed E-state index contributed by atoms with van der Waals surface area (Å²) in [5, 5.41) is 14.1. The van der Waals surface area contributed by atoms with Gasteiger partial charge in [0.05, 0.1) is 37.6 Å². The molecule has 15 atom stereocenters. The van der Waals surface area contributed by atoms with Crippen molar-refractivity contribution in [3.63, 3.8) is 0 Å². The van der Waals surface area contributed by atoms with Gasteiger partial charge in [-0.2, -0.15) is 0 Å². The molecule has 8 fully saturated rings. The zero-order valence-electron chi connectivity index (χ0n) is 32.2. The number of fused-ring (bicyclic) bond motifs is 3. The van der Waals surface area contributed by atoms with Gasteiger partial charge in [0.15, 0.2) is 17.3 Å². The predicted octanol–water partition coefficient (Wildman–Crippen LogP) is 2.96. The molecular formula is C39H48O16. The van der Waals surface area contributed by atoms with Crippen molar-refractivity contribution in [1.82, 2.24) is 0 Å². The Hall–Kier alpha value is -3.57. The standard InChI is InChI=1S/C39H48O16/c1-9-24(41)50-29-38(45)28(51-30(44)33(6)19(2)52-33)32(5)17-37(38)35(18-48-26(43)14-22(32)35)36-12-11-31(4,27(49-20(3)40)21-10-13-47-16-21)23(15-25(42)46-8)39(29,36)55-34(7,53-36)54-37/h10,13,16,19,22-23,27-29,45H,9,11-12,14-15,17-18H2,1-8H3. The number of carbonyl (C=O) groups is 5. The van der Waals surface area contributed by atoms with E-state index in [0.29, 0.717) is 5.56 Å². The molecule has 5 heterocycles. The molecular weight excluding hydrogens is 724 g/mol. The number of hydrogen-bond donors (Lipinski definition) is 1. The lowest BCUT2D eigenvalue weighted by Gasteiger charge is -2.77. The third kappa shape index (κ3) is 3.93. The Labute approximate surface area is 317 Å². The number of rotatable bonds is 9. The molecule has 8 aliphatic rings. The average Bonchev–Trinajstić information content (AvgIpc) is 3.47. The van der Waals surface area contributed by atoms with Crippen LogP contribution in [0.25, 0.3) is 0 Å².